The summed E-state index contributed by atoms with van der Waals surface area (Å²) < 4.78 is 12.2. The van der Waals surface area contributed by atoms with Crippen molar-refractivity contribution in [2.24, 2.45) is 0 Å². The van der Waals surface area contributed by atoms with E-state index in [1.807, 2.05) is 43.3 Å². The maximum absolute atomic E-state index is 12.4. The number of benzene rings is 2. The summed E-state index contributed by atoms with van der Waals surface area (Å²) in [6.45, 7) is 2.65. The Balaban J connectivity index is 1.60. The number of ether oxygens (including phenoxy) is 2. The van der Waals surface area contributed by atoms with E-state index >= 15 is 0 Å². The predicted octanol–water partition coefficient (Wildman–Crippen LogP) is 3.08. The molecule has 0 aliphatic carbocycles. The Bertz CT molecular complexity index is 1070. The van der Waals surface area contributed by atoms with Gasteiger partial charge >= 0.3 is 0 Å². The Labute approximate surface area is 170 Å². The van der Waals surface area contributed by atoms with Crippen LogP contribution in [0.4, 0.5) is 0 Å². The quantitative estimate of drug-likeness (QED) is 0.638. The predicted molar refractivity (Wildman–Crippen MR) is 114 cm³/mol. The van der Waals surface area contributed by atoms with Crippen LogP contribution in [0.3, 0.4) is 0 Å². The molecule has 6 nitrogen and oxygen atoms in total. The summed E-state index contributed by atoms with van der Waals surface area (Å²) >= 11 is 0. The van der Waals surface area contributed by atoms with E-state index in [0.717, 1.165) is 27.8 Å². The Hall–Kier alpha value is -3.28. The normalized spacial score (nSPS) is 10.7. The number of carbonyl (C=O) groups is 1. The molecule has 29 heavy (non-hydrogen) atoms. The van der Waals surface area contributed by atoms with Gasteiger partial charge in [0, 0.05) is 36.8 Å². The van der Waals surface area contributed by atoms with E-state index in [1.165, 1.54) is 13.2 Å². The van der Waals surface area contributed by atoms with E-state index in [1.54, 1.807) is 17.7 Å². The van der Waals surface area contributed by atoms with Crippen molar-refractivity contribution in [2.75, 3.05) is 20.8 Å². The van der Waals surface area contributed by atoms with Crippen LogP contribution in [0.15, 0.2) is 53.3 Å². The lowest BCUT2D eigenvalue weighted by Crippen LogP contribution is -2.31. The van der Waals surface area contributed by atoms with Crippen molar-refractivity contribution >= 4 is 16.7 Å². The van der Waals surface area contributed by atoms with Gasteiger partial charge in [-0.2, -0.15) is 0 Å². The van der Waals surface area contributed by atoms with Gasteiger partial charge < -0.3 is 19.4 Å². The van der Waals surface area contributed by atoms with Gasteiger partial charge in [0.1, 0.15) is 11.5 Å². The Morgan fingerprint density at radius 2 is 1.86 bits per heavy atom. The largest absolute Gasteiger partial charge is 0.496 e. The third-order valence-corrected chi connectivity index (χ3v) is 5.02. The average Bonchev–Trinajstić information content (AvgIpc) is 2.73. The number of amides is 1. The van der Waals surface area contributed by atoms with Crippen LogP contribution >= 0.6 is 0 Å². The zero-order valence-corrected chi connectivity index (χ0v) is 17.0. The summed E-state index contributed by atoms with van der Waals surface area (Å²) in [5, 5.41) is 5.12. The smallest absolute Gasteiger partial charge is 0.254 e. The summed E-state index contributed by atoms with van der Waals surface area (Å²) in [6, 6.07) is 15.3. The molecule has 2 aromatic carbocycles. The number of nitrogens with zero attached hydrogens (tertiary/aromatic N) is 1. The van der Waals surface area contributed by atoms with Crippen molar-refractivity contribution in [3.8, 4) is 11.5 Å². The lowest BCUT2D eigenvalue weighted by Gasteiger charge is -2.13. The third-order valence-electron chi connectivity index (χ3n) is 5.02. The van der Waals surface area contributed by atoms with E-state index in [4.69, 9.17) is 9.47 Å². The molecule has 1 N–H and O–H groups in total. The number of hydrogen-bond donors (Lipinski definition) is 1. The number of nitrogens with one attached hydrogen (secondary N) is 1. The number of aromatic nitrogens is 1. The molecule has 1 heterocycles. The maximum Gasteiger partial charge on any atom is 0.254 e. The number of aryl methyl sites for hydroxylation is 2. The third kappa shape index (κ3) is 4.77. The second kappa shape index (κ2) is 9.28. The van der Waals surface area contributed by atoms with Crippen molar-refractivity contribution in [3.05, 3.63) is 70.1 Å². The van der Waals surface area contributed by atoms with Crippen LogP contribution in [0, 0.1) is 6.92 Å². The lowest BCUT2D eigenvalue weighted by molar-refractivity contribution is -0.121. The molecule has 0 fully saturated rings. The Morgan fingerprint density at radius 3 is 2.59 bits per heavy atom. The second-order valence-corrected chi connectivity index (χ2v) is 6.84. The molecule has 0 spiro atoms. The average molecular weight is 394 g/mol. The number of methoxy groups -OCH3 is 2. The van der Waals surface area contributed by atoms with Crippen molar-refractivity contribution in [3.63, 3.8) is 0 Å². The van der Waals surface area contributed by atoms with E-state index in [9.17, 15) is 9.59 Å². The van der Waals surface area contributed by atoms with Gasteiger partial charge in [-0.05, 0) is 36.2 Å². The molecule has 0 saturated heterocycles. The van der Waals surface area contributed by atoms with Crippen LogP contribution in [-0.2, 0) is 17.8 Å². The molecule has 0 bridgehead atoms. The van der Waals surface area contributed by atoms with Gasteiger partial charge in [0.15, 0.2) is 0 Å². The minimum Gasteiger partial charge on any atom is -0.496 e. The fraction of sp³-hybridized carbons (Fsp3) is 0.304. The highest BCUT2D eigenvalue weighted by Crippen LogP contribution is 2.29. The molecule has 3 rings (SSSR count). The van der Waals surface area contributed by atoms with Crippen LogP contribution in [0.25, 0.3) is 10.8 Å². The molecular weight excluding hydrogens is 368 g/mol. The SMILES string of the molecule is COc1cc(C)n(CCNC(=O)CCc2c(OC)ccc3ccccc23)c(=O)c1. The first kappa shape index (κ1) is 20.5. The van der Waals surface area contributed by atoms with Crippen LogP contribution in [0.5, 0.6) is 11.5 Å². The highest BCUT2D eigenvalue weighted by Gasteiger charge is 2.11. The molecular formula is C23H26N2O4. The van der Waals surface area contributed by atoms with Crippen molar-refractivity contribution in [1.82, 2.24) is 9.88 Å². The Morgan fingerprint density at radius 1 is 1.07 bits per heavy atom. The maximum atomic E-state index is 12.4. The summed E-state index contributed by atoms with van der Waals surface area (Å²) in [6.07, 6.45) is 0.929. The lowest BCUT2D eigenvalue weighted by atomic mass is 9.99. The molecule has 6 heteroatoms. The molecule has 0 unspecified atom stereocenters. The molecule has 0 aliphatic rings. The van der Waals surface area contributed by atoms with Gasteiger partial charge in [0.2, 0.25) is 5.91 Å². The number of fused-ring (bicyclic) bond motifs is 1. The fourth-order valence-corrected chi connectivity index (χ4v) is 3.50. The molecule has 0 aliphatic heterocycles. The highest BCUT2D eigenvalue weighted by molar-refractivity contribution is 5.88. The minimum atomic E-state index is -0.142. The fourth-order valence-electron chi connectivity index (χ4n) is 3.50. The van der Waals surface area contributed by atoms with Gasteiger partial charge in [0.05, 0.1) is 14.2 Å². The number of hydrogen-bond acceptors (Lipinski definition) is 4. The van der Waals surface area contributed by atoms with Crippen LogP contribution in [0.2, 0.25) is 0 Å². The molecule has 1 aromatic heterocycles. The van der Waals surface area contributed by atoms with Gasteiger partial charge in [-0.25, -0.2) is 0 Å². The highest BCUT2D eigenvalue weighted by atomic mass is 16.5. The van der Waals surface area contributed by atoms with Crippen LogP contribution in [0.1, 0.15) is 17.7 Å². The summed E-state index contributed by atoms with van der Waals surface area (Å²) in [5.41, 5.74) is 1.68. The minimum absolute atomic E-state index is 0.0563. The molecule has 0 saturated carbocycles. The van der Waals surface area contributed by atoms with Crippen LogP contribution < -0.4 is 20.3 Å². The second-order valence-electron chi connectivity index (χ2n) is 6.84. The molecule has 0 radical (unpaired) electrons. The first-order valence-corrected chi connectivity index (χ1v) is 9.60. The summed E-state index contributed by atoms with van der Waals surface area (Å²) in [7, 11) is 3.17. The van der Waals surface area contributed by atoms with Crippen molar-refractivity contribution < 1.29 is 14.3 Å². The zero-order valence-electron chi connectivity index (χ0n) is 17.0. The summed E-state index contributed by atoms with van der Waals surface area (Å²) in [4.78, 5) is 24.5. The topological polar surface area (TPSA) is 69.6 Å². The van der Waals surface area contributed by atoms with E-state index in [2.05, 4.69) is 5.32 Å². The summed E-state index contributed by atoms with van der Waals surface area (Å²) in [5.74, 6) is 1.27. The van der Waals surface area contributed by atoms with Crippen molar-refractivity contribution in [2.45, 2.75) is 26.3 Å². The van der Waals surface area contributed by atoms with Crippen molar-refractivity contribution in [1.29, 1.82) is 0 Å². The van der Waals surface area contributed by atoms with Crippen LogP contribution in [-0.4, -0.2) is 31.2 Å². The molecule has 152 valence electrons. The van der Waals surface area contributed by atoms with Gasteiger partial charge in [-0.3, -0.25) is 9.59 Å². The monoisotopic (exact) mass is 394 g/mol. The van der Waals surface area contributed by atoms with Gasteiger partial charge in [-0.1, -0.05) is 30.3 Å². The first-order valence-electron chi connectivity index (χ1n) is 9.60. The first-order chi connectivity index (χ1) is 14.0. The molecule has 0 atom stereocenters. The number of carbonyl (C=O) groups excluding carboxylic acids is 1. The van der Waals surface area contributed by atoms with Gasteiger partial charge in [-0.15, -0.1) is 0 Å². The number of pyridine rings is 1. The molecule has 3 aromatic rings. The van der Waals surface area contributed by atoms with E-state index in [-0.39, 0.29) is 11.5 Å². The van der Waals surface area contributed by atoms with E-state index in [0.29, 0.717) is 31.7 Å². The Kier molecular flexibility index (Phi) is 6.54. The number of rotatable bonds is 8. The standard InChI is InChI=1S/C23H26N2O4/c1-16-14-18(28-2)15-23(27)25(16)13-12-24-22(26)11-9-20-19-7-5-4-6-17(19)8-10-21(20)29-3/h4-8,10,14-15H,9,11-13H2,1-3H3,(H,24,26). The van der Waals surface area contributed by atoms with Gasteiger partial charge in [0.25, 0.3) is 5.56 Å². The molecule has 1 amide bonds. The van der Waals surface area contributed by atoms with E-state index < -0.39 is 0 Å². The zero-order chi connectivity index (χ0) is 20.8.